The Kier molecular flexibility index (Phi) is 3.32. The van der Waals surface area contributed by atoms with Crippen molar-refractivity contribution in [2.24, 2.45) is 5.84 Å². The van der Waals surface area contributed by atoms with Gasteiger partial charge in [-0.05, 0) is 6.92 Å². The normalized spacial score (nSPS) is 13.4. The Labute approximate surface area is 61.6 Å². The van der Waals surface area contributed by atoms with Crippen LogP contribution in [0.3, 0.4) is 0 Å². The lowest BCUT2D eigenvalue weighted by atomic mass is 10.3. The van der Waals surface area contributed by atoms with E-state index in [0.717, 1.165) is 0 Å². The van der Waals surface area contributed by atoms with E-state index in [0.29, 0.717) is 0 Å². The molecule has 2 N–H and O–H groups in total. The number of nitrogens with zero attached hydrogens (tertiary/aromatic N) is 2. The molecule has 0 aromatic carbocycles. The number of hydrogen-bond acceptors (Lipinski definition) is 3. The van der Waals surface area contributed by atoms with Gasteiger partial charge < -0.3 is 4.90 Å². The van der Waals surface area contributed by atoms with Crippen molar-refractivity contribution < 1.29 is 4.79 Å². The Hall–Kier alpha value is -0.610. The molecule has 0 aliphatic heterocycles. The molecule has 0 saturated heterocycles. The van der Waals surface area contributed by atoms with Gasteiger partial charge in [0.05, 0.1) is 6.04 Å². The van der Waals surface area contributed by atoms with Crippen LogP contribution in [0.15, 0.2) is 0 Å². The summed E-state index contributed by atoms with van der Waals surface area (Å²) in [5.41, 5.74) is 0. The number of rotatable bonds is 2. The predicted octanol–water partition coefficient (Wildman–Crippen LogP) is -0.731. The molecule has 0 aliphatic rings. The van der Waals surface area contributed by atoms with Crippen LogP contribution in [-0.2, 0) is 4.79 Å². The highest BCUT2D eigenvalue weighted by Gasteiger charge is 2.16. The van der Waals surface area contributed by atoms with E-state index >= 15 is 0 Å². The van der Waals surface area contributed by atoms with Crippen LogP contribution in [0.1, 0.15) is 6.92 Å². The monoisotopic (exact) mass is 145 g/mol. The molecular formula is C6H15N3O. The summed E-state index contributed by atoms with van der Waals surface area (Å²) in [5.74, 6) is 5.38. The fraction of sp³-hybridized carbons (Fsp3) is 0.833. The van der Waals surface area contributed by atoms with Gasteiger partial charge in [-0.1, -0.05) is 0 Å². The number of carbonyl (C=O) groups excluding carboxylic acids is 1. The molecule has 4 nitrogen and oxygen atoms in total. The van der Waals surface area contributed by atoms with Gasteiger partial charge in [0, 0.05) is 21.1 Å². The van der Waals surface area contributed by atoms with Crippen molar-refractivity contribution in [2.75, 3.05) is 21.1 Å². The molecule has 1 atom stereocenters. The van der Waals surface area contributed by atoms with Crippen LogP contribution in [0.5, 0.6) is 0 Å². The third kappa shape index (κ3) is 2.33. The Balaban J connectivity index is 3.95. The van der Waals surface area contributed by atoms with Crippen molar-refractivity contribution in [2.45, 2.75) is 13.0 Å². The maximum absolute atomic E-state index is 11.1. The van der Waals surface area contributed by atoms with E-state index in [9.17, 15) is 4.79 Å². The molecule has 0 rings (SSSR count). The van der Waals surface area contributed by atoms with Crippen LogP contribution in [0, 0.1) is 0 Å². The molecule has 60 valence electrons. The van der Waals surface area contributed by atoms with Crippen LogP contribution in [0.2, 0.25) is 0 Å². The zero-order valence-corrected chi connectivity index (χ0v) is 6.96. The minimum Gasteiger partial charge on any atom is -0.347 e. The van der Waals surface area contributed by atoms with Gasteiger partial charge in [0.25, 0.3) is 0 Å². The molecule has 0 bridgehead atoms. The van der Waals surface area contributed by atoms with Crippen LogP contribution in [0.4, 0.5) is 0 Å². The minimum absolute atomic E-state index is 0.0185. The molecule has 0 fully saturated rings. The first-order valence-electron chi connectivity index (χ1n) is 3.15. The highest BCUT2D eigenvalue weighted by atomic mass is 16.2. The molecule has 0 unspecified atom stereocenters. The Morgan fingerprint density at radius 1 is 1.40 bits per heavy atom. The first-order valence-corrected chi connectivity index (χ1v) is 3.15. The molecular weight excluding hydrogens is 130 g/mol. The van der Waals surface area contributed by atoms with E-state index in [4.69, 9.17) is 5.84 Å². The molecule has 0 heterocycles. The third-order valence-corrected chi connectivity index (χ3v) is 1.41. The summed E-state index contributed by atoms with van der Waals surface area (Å²) in [6, 6.07) is -0.241. The summed E-state index contributed by atoms with van der Waals surface area (Å²) in [4.78, 5) is 12.6. The Morgan fingerprint density at radius 2 is 1.80 bits per heavy atom. The second-order valence-electron chi connectivity index (χ2n) is 2.57. The standard InChI is InChI=1S/C6H15N3O/c1-5(9(4)7)6(10)8(2)3/h5H,7H2,1-4H3/t5-/m0/s1. The Bertz CT molecular complexity index is 122. The van der Waals surface area contributed by atoms with Crippen molar-refractivity contribution in [3.8, 4) is 0 Å². The molecule has 0 saturated carbocycles. The first kappa shape index (κ1) is 9.39. The summed E-state index contributed by atoms with van der Waals surface area (Å²) in [5, 5.41) is 1.39. The molecule has 0 spiro atoms. The van der Waals surface area contributed by atoms with E-state index in [1.54, 1.807) is 28.1 Å². The minimum atomic E-state index is -0.241. The van der Waals surface area contributed by atoms with Crippen molar-refractivity contribution >= 4 is 5.91 Å². The van der Waals surface area contributed by atoms with E-state index in [-0.39, 0.29) is 11.9 Å². The summed E-state index contributed by atoms with van der Waals surface area (Å²) >= 11 is 0. The van der Waals surface area contributed by atoms with Crippen LogP contribution in [0.25, 0.3) is 0 Å². The quantitative estimate of drug-likeness (QED) is 0.411. The fourth-order valence-electron chi connectivity index (χ4n) is 0.548. The van der Waals surface area contributed by atoms with E-state index < -0.39 is 0 Å². The average molecular weight is 145 g/mol. The first-order chi connectivity index (χ1) is 4.46. The van der Waals surface area contributed by atoms with Gasteiger partial charge >= 0.3 is 0 Å². The van der Waals surface area contributed by atoms with Crippen LogP contribution in [-0.4, -0.2) is 43.0 Å². The molecule has 0 aromatic rings. The summed E-state index contributed by atoms with van der Waals surface area (Å²) in [7, 11) is 5.09. The number of carbonyl (C=O) groups is 1. The zero-order valence-electron chi connectivity index (χ0n) is 6.96. The van der Waals surface area contributed by atoms with Gasteiger partial charge in [-0.25, -0.2) is 5.01 Å². The van der Waals surface area contributed by atoms with E-state index in [1.165, 1.54) is 9.91 Å². The average Bonchev–Trinajstić information content (AvgIpc) is 1.84. The Morgan fingerprint density at radius 3 is 1.90 bits per heavy atom. The summed E-state index contributed by atoms with van der Waals surface area (Å²) < 4.78 is 0. The number of amides is 1. The lowest BCUT2D eigenvalue weighted by Gasteiger charge is -2.21. The summed E-state index contributed by atoms with van der Waals surface area (Å²) in [6.45, 7) is 1.77. The van der Waals surface area contributed by atoms with E-state index in [1.807, 2.05) is 0 Å². The SMILES string of the molecule is C[C@@H](C(=O)N(C)C)N(C)N. The lowest BCUT2D eigenvalue weighted by molar-refractivity contribution is -0.133. The fourth-order valence-corrected chi connectivity index (χ4v) is 0.548. The number of likely N-dealkylation sites (N-methyl/N-ethyl adjacent to an activating group) is 2. The van der Waals surface area contributed by atoms with Gasteiger partial charge in [0.2, 0.25) is 5.91 Å². The molecule has 4 heteroatoms. The molecule has 0 radical (unpaired) electrons. The molecule has 10 heavy (non-hydrogen) atoms. The van der Waals surface area contributed by atoms with Crippen LogP contribution < -0.4 is 5.84 Å². The zero-order chi connectivity index (χ0) is 8.31. The maximum Gasteiger partial charge on any atom is 0.240 e. The molecule has 0 aliphatic carbocycles. The highest BCUT2D eigenvalue weighted by Crippen LogP contribution is 1.92. The van der Waals surface area contributed by atoms with Crippen LogP contribution >= 0.6 is 0 Å². The van der Waals surface area contributed by atoms with Crippen molar-refractivity contribution in [1.82, 2.24) is 9.91 Å². The van der Waals surface area contributed by atoms with E-state index in [2.05, 4.69) is 0 Å². The van der Waals surface area contributed by atoms with Crippen molar-refractivity contribution in [3.05, 3.63) is 0 Å². The smallest absolute Gasteiger partial charge is 0.240 e. The topological polar surface area (TPSA) is 49.6 Å². The summed E-state index contributed by atoms with van der Waals surface area (Å²) in [6.07, 6.45) is 0. The van der Waals surface area contributed by atoms with Gasteiger partial charge in [-0.3, -0.25) is 10.6 Å². The predicted molar refractivity (Wildman–Crippen MR) is 40.1 cm³/mol. The van der Waals surface area contributed by atoms with Gasteiger partial charge in [0.15, 0.2) is 0 Å². The van der Waals surface area contributed by atoms with Crippen molar-refractivity contribution in [3.63, 3.8) is 0 Å². The highest BCUT2D eigenvalue weighted by molar-refractivity contribution is 5.80. The maximum atomic E-state index is 11.1. The van der Waals surface area contributed by atoms with Crippen molar-refractivity contribution in [1.29, 1.82) is 0 Å². The second-order valence-corrected chi connectivity index (χ2v) is 2.57. The number of hydrazine groups is 1. The third-order valence-electron chi connectivity index (χ3n) is 1.41. The number of hydrogen-bond donors (Lipinski definition) is 1. The lowest BCUT2D eigenvalue weighted by Crippen LogP contribution is -2.45. The second kappa shape index (κ2) is 3.53. The van der Waals surface area contributed by atoms with Gasteiger partial charge in [-0.15, -0.1) is 0 Å². The molecule has 1 amide bonds. The van der Waals surface area contributed by atoms with Gasteiger partial charge in [-0.2, -0.15) is 0 Å². The van der Waals surface area contributed by atoms with Gasteiger partial charge in [0.1, 0.15) is 0 Å². The molecule has 0 aromatic heterocycles. The largest absolute Gasteiger partial charge is 0.347 e. The number of nitrogens with two attached hydrogens (primary N) is 1.